The second-order valence-electron chi connectivity index (χ2n) is 31.7. The summed E-state index contributed by atoms with van der Waals surface area (Å²) in [6, 6.07) is 34.5. The van der Waals surface area contributed by atoms with Crippen molar-refractivity contribution in [1.29, 1.82) is 0 Å². The SMILES string of the molecule is Cc1cnc(NC2CC3CC2N(C(=O)c2cc(F)ccc2-c2ncco2)C3)cn1.Cc1cnc(NC2CC3CC2N(C(=O)c2cccc(F)c2-c2ncc(F)cn2)C3)cn1.Cc1cnc(NC2CC3CC2N(C(=O)c2ccccc2-c2ccccc2)C3)cn1.Cc1cnc(NC2CC3CC2N(C(=O)c2ccccc2-c2ncc(F)cn2)C3)cn1. The molecule has 4 aliphatic heterocycles. The first-order chi connectivity index (χ1) is 57.8. The highest BCUT2D eigenvalue weighted by Gasteiger charge is 2.52. The Balaban J connectivity index is 0.000000113. The molecule has 8 fully saturated rings. The fraction of sp³-hybridized carbons (Fsp3) is 0.315. The summed E-state index contributed by atoms with van der Waals surface area (Å²) in [7, 11) is 0. The third kappa shape index (κ3) is 17.0. The molecule has 4 aliphatic carbocycles. The van der Waals surface area contributed by atoms with Crippen molar-refractivity contribution in [3.05, 3.63) is 270 Å². The van der Waals surface area contributed by atoms with Gasteiger partial charge in [0, 0.05) is 61.5 Å². The van der Waals surface area contributed by atoms with E-state index in [4.69, 9.17) is 4.42 Å². The zero-order valence-electron chi connectivity index (χ0n) is 65.6. The van der Waals surface area contributed by atoms with Gasteiger partial charge in [0.15, 0.2) is 23.3 Å². The van der Waals surface area contributed by atoms with E-state index in [1.165, 1.54) is 36.7 Å². The fourth-order valence-corrected chi connectivity index (χ4v) is 18.4. The summed E-state index contributed by atoms with van der Waals surface area (Å²) in [6.07, 6.45) is 28.7. The number of aromatic nitrogens is 13. The number of benzene rings is 5. The van der Waals surface area contributed by atoms with Crippen LogP contribution in [0.1, 0.15) is 116 Å². The second kappa shape index (κ2) is 34.0. The van der Waals surface area contributed by atoms with Crippen molar-refractivity contribution in [1.82, 2.24) is 84.4 Å². The van der Waals surface area contributed by atoms with Gasteiger partial charge in [-0.3, -0.25) is 39.1 Å². The van der Waals surface area contributed by atoms with E-state index < -0.39 is 23.3 Å². The maximum absolute atomic E-state index is 14.7. The molecule has 4 amide bonds. The van der Waals surface area contributed by atoms with Crippen molar-refractivity contribution in [2.45, 2.75) is 127 Å². The molecule has 0 radical (unpaired) electrons. The van der Waals surface area contributed by atoms with Gasteiger partial charge in [0.05, 0.1) is 155 Å². The highest BCUT2D eigenvalue weighted by Crippen LogP contribution is 2.45. The molecule has 30 heteroatoms. The van der Waals surface area contributed by atoms with Gasteiger partial charge in [-0.2, -0.15) is 0 Å². The fourth-order valence-electron chi connectivity index (χ4n) is 18.4. The number of anilines is 4. The van der Waals surface area contributed by atoms with Crippen LogP contribution in [-0.4, -0.2) is 183 Å². The van der Waals surface area contributed by atoms with Crippen molar-refractivity contribution in [3.63, 3.8) is 0 Å². The molecule has 119 heavy (non-hydrogen) atoms. The quantitative estimate of drug-likeness (QED) is 0.0653. The topological polar surface area (TPSA) is 310 Å². The molecule has 604 valence electrons. The van der Waals surface area contributed by atoms with Crippen LogP contribution in [0, 0.1) is 74.6 Å². The molecule has 20 rings (SSSR count). The van der Waals surface area contributed by atoms with Crippen molar-refractivity contribution in [2.75, 3.05) is 47.4 Å². The molecule has 8 aliphatic rings. The number of nitrogens with one attached hydrogen (secondary N) is 4. The number of oxazole rings is 1. The van der Waals surface area contributed by atoms with E-state index in [-0.39, 0.29) is 94.5 Å². The molecule has 12 unspecified atom stereocenters. The average Bonchev–Trinajstić information content (AvgIpc) is 1.70. The summed E-state index contributed by atoms with van der Waals surface area (Å²) < 4.78 is 60.5. The minimum Gasteiger partial charge on any atom is -0.445 e. The van der Waals surface area contributed by atoms with Gasteiger partial charge < -0.3 is 45.3 Å². The Hall–Kier alpha value is -13.4. The largest absolute Gasteiger partial charge is 0.445 e. The third-order valence-corrected chi connectivity index (χ3v) is 23.7. The van der Waals surface area contributed by atoms with Crippen molar-refractivity contribution >= 4 is 46.9 Å². The van der Waals surface area contributed by atoms with Gasteiger partial charge in [-0.25, -0.2) is 62.4 Å². The lowest BCUT2D eigenvalue weighted by Gasteiger charge is -2.34. The van der Waals surface area contributed by atoms with Crippen LogP contribution in [-0.2, 0) is 0 Å². The molecule has 8 bridgehead atoms. The van der Waals surface area contributed by atoms with Crippen molar-refractivity contribution in [2.24, 2.45) is 23.7 Å². The lowest BCUT2D eigenvalue weighted by atomic mass is 9.97. The zero-order valence-corrected chi connectivity index (χ0v) is 65.6. The Labute approximate surface area is 683 Å². The molecule has 0 spiro atoms. The molecular weight excluding hydrogens is 1520 g/mol. The molecule has 4 N–H and O–H groups in total. The second-order valence-corrected chi connectivity index (χ2v) is 31.7. The standard InChI is InChI=1S/C24H24N4O.C22H20F2N6O.C22H21FN6O.C21H20FN5O2/c1-16-13-26-23(14-25-16)27-21-11-17-12-22(21)28(15-17)24(29)20-10-6-5-9-19(20)18-7-3-2-4-8-18;1-12-7-26-19(10-25-12)29-17-5-13-6-18(17)30(11-13)22(31)15-3-2-4-16(24)20(15)21-27-8-14(23)9-28-21;1-13-8-25-20(11-24-13)28-18-6-14-7-19(18)29(12-14)22(30)17-5-3-2-4-16(17)21-26-9-15(23)10-27-21;1-12-9-25-19(10-24-12)26-17-6-13-7-18(17)27(11-13)21(28)16-8-14(22)2-3-15(16)20-23-4-5-29-20/h2-10,13-14,17,21-22H,11-12,15H2,1H3,(H,26,27);2-4,7-10,13,17-18H,5-6,11H2,1H3,(H,26,29);2-5,8-11,14,18-19H,6-7,12H2,1H3,(H,25,28);2-5,8-10,13,17-18H,6-7,11H2,1H3,(H,25,26). The van der Waals surface area contributed by atoms with E-state index in [2.05, 4.69) is 103 Å². The number of aryl methyl sites for hydroxylation is 4. The smallest absolute Gasteiger partial charge is 0.255 e. The first-order valence-electron chi connectivity index (χ1n) is 40.0. The lowest BCUT2D eigenvalue weighted by Crippen LogP contribution is -2.48. The van der Waals surface area contributed by atoms with E-state index in [0.29, 0.717) is 76.8 Å². The van der Waals surface area contributed by atoms with E-state index in [1.54, 1.807) is 78.7 Å². The van der Waals surface area contributed by atoms with Gasteiger partial charge in [-0.1, -0.05) is 72.8 Å². The number of carbonyl (C=O) groups is 4. The number of halogens is 4. The minimum absolute atomic E-state index is 0.0100. The van der Waals surface area contributed by atoms with Gasteiger partial charge in [-0.05, 0) is 156 Å². The average molecular weight is 1600 g/mol. The Morgan fingerprint density at radius 2 is 0.723 bits per heavy atom. The molecule has 7 aromatic heterocycles. The Kier molecular flexibility index (Phi) is 22.3. The number of amides is 4. The summed E-state index contributed by atoms with van der Waals surface area (Å²) in [6.45, 7) is 10.4. The third-order valence-electron chi connectivity index (χ3n) is 23.7. The Morgan fingerprint density at radius 1 is 0.345 bits per heavy atom. The molecule has 5 aromatic carbocycles. The van der Waals surface area contributed by atoms with Gasteiger partial charge in [0.1, 0.15) is 41.2 Å². The molecule has 11 heterocycles. The van der Waals surface area contributed by atoms with E-state index >= 15 is 0 Å². The molecule has 4 saturated heterocycles. The molecule has 4 saturated carbocycles. The van der Waals surface area contributed by atoms with Crippen molar-refractivity contribution < 1.29 is 41.2 Å². The Bertz CT molecular complexity index is 5640. The van der Waals surface area contributed by atoms with Crippen LogP contribution in [0.4, 0.5) is 40.8 Å². The van der Waals surface area contributed by atoms with Crippen LogP contribution in [0.2, 0.25) is 0 Å². The highest BCUT2D eigenvalue weighted by atomic mass is 19.1. The number of nitrogens with zero attached hydrogens (tertiary/aromatic N) is 17. The number of rotatable bonds is 16. The molecule has 12 aromatic rings. The number of piperidine rings is 4. The van der Waals surface area contributed by atoms with Crippen LogP contribution in [0.25, 0.3) is 45.4 Å². The first-order valence-corrected chi connectivity index (χ1v) is 40.0. The normalized spacial score (nSPS) is 22.5. The number of likely N-dealkylation sites (tertiary alicyclic amines) is 4. The Morgan fingerprint density at radius 3 is 1.13 bits per heavy atom. The van der Waals surface area contributed by atoms with Gasteiger partial charge in [0.25, 0.3) is 23.6 Å². The summed E-state index contributed by atoms with van der Waals surface area (Å²) in [5.41, 5.74) is 8.37. The molecule has 26 nitrogen and oxygen atoms in total. The van der Waals surface area contributed by atoms with Crippen LogP contribution in [0.15, 0.2) is 207 Å². The molecular formula is C89H85F4N21O5. The van der Waals surface area contributed by atoms with Gasteiger partial charge in [-0.15, -0.1) is 0 Å². The van der Waals surface area contributed by atoms with E-state index in [0.717, 1.165) is 140 Å². The lowest BCUT2D eigenvalue weighted by molar-refractivity contribution is 0.0685. The van der Waals surface area contributed by atoms with Crippen LogP contribution >= 0.6 is 0 Å². The summed E-state index contributed by atoms with van der Waals surface area (Å²) in [5.74, 6) is 2.68. The minimum atomic E-state index is -0.627. The van der Waals surface area contributed by atoms with E-state index in [1.807, 2.05) is 92.1 Å². The maximum atomic E-state index is 14.7. The summed E-state index contributed by atoms with van der Waals surface area (Å²) in [5, 5.41) is 13.8. The monoisotopic (exact) mass is 1600 g/mol. The van der Waals surface area contributed by atoms with Crippen LogP contribution in [0.5, 0.6) is 0 Å². The first kappa shape index (κ1) is 78.1. The zero-order chi connectivity index (χ0) is 82.0. The van der Waals surface area contributed by atoms with E-state index in [9.17, 15) is 36.7 Å². The predicted octanol–water partition coefficient (Wildman–Crippen LogP) is 13.8. The molecule has 12 atom stereocenters. The van der Waals surface area contributed by atoms with Crippen LogP contribution in [0.3, 0.4) is 0 Å². The summed E-state index contributed by atoms with van der Waals surface area (Å²) in [4.78, 5) is 116. The van der Waals surface area contributed by atoms with Crippen molar-refractivity contribution in [3.8, 4) is 45.4 Å². The predicted molar refractivity (Wildman–Crippen MR) is 435 cm³/mol. The number of fused-ring (bicyclic) bond motifs is 8. The number of carbonyl (C=O) groups excluding carboxylic acids is 4. The van der Waals surface area contributed by atoms with Gasteiger partial charge in [0.2, 0.25) is 5.89 Å². The summed E-state index contributed by atoms with van der Waals surface area (Å²) >= 11 is 0. The number of hydrogen-bond acceptors (Lipinski definition) is 22. The van der Waals surface area contributed by atoms with Crippen LogP contribution < -0.4 is 21.3 Å². The maximum Gasteiger partial charge on any atom is 0.255 e. The van der Waals surface area contributed by atoms with Gasteiger partial charge >= 0.3 is 0 Å². The number of hydrogen-bond donors (Lipinski definition) is 4. The highest BCUT2D eigenvalue weighted by molar-refractivity contribution is 6.03.